The summed E-state index contributed by atoms with van der Waals surface area (Å²) in [7, 11) is 1.47. The molecule has 26 heavy (non-hydrogen) atoms. The third kappa shape index (κ3) is 4.25. The number of nitrogens with zero attached hydrogens (tertiary/aromatic N) is 4. The Morgan fingerprint density at radius 3 is 2.69 bits per heavy atom. The predicted octanol–water partition coefficient (Wildman–Crippen LogP) is 1.18. The predicted molar refractivity (Wildman–Crippen MR) is 100.0 cm³/mol. The zero-order valence-electron chi connectivity index (χ0n) is 15.3. The molecule has 1 aromatic carbocycles. The molecule has 0 amide bonds. The van der Waals surface area contributed by atoms with Crippen LogP contribution in [0.2, 0.25) is 0 Å². The molecule has 2 aliphatic heterocycles. The monoisotopic (exact) mass is 364 g/mol. The maximum absolute atomic E-state index is 11.1. The average Bonchev–Trinajstić information content (AvgIpc) is 2.68. The quantitative estimate of drug-likeness (QED) is 0.599. The van der Waals surface area contributed by atoms with E-state index < -0.39 is 4.92 Å². The Bertz CT molecular complexity index is 619. The number of aliphatic hydroxyl groups excluding tert-OH is 1. The molecular formula is C18H28N4O4. The number of nitro benzene ring substituents is 1. The van der Waals surface area contributed by atoms with Crippen molar-refractivity contribution in [3.63, 3.8) is 0 Å². The molecule has 0 saturated carbocycles. The molecule has 2 heterocycles. The number of rotatable bonds is 6. The van der Waals surface area contributed by atoms with Crippen LogP contribution in [-0.2, 0) is 0 Å². The van der Waals surface area contributed by atoms with E-state index in [9.17, 15) is 10.1 Å². The zero-order chi connectivity index (χ0) is 18.5. The highest BCUT2D eigenvalue weighted by Crippen LogP contribution is 2.33. The lowest BCUT2D eigenvalue weighted by Crippen LogP contribution is -2.55. The molecule has 0 spiro atoms. The van der Waals surface area contributed by atoms with Gasteiger partial charge in [-0.1, -0.05) is 0 Å². The summed E-state index contributed by atoms with van der Waals surface area (Å²) in [6.07, 6.45) is 2.29. The van der Waals surface area contributed by atoms with E-state index in [1.165, 1.54) is 19.6 Å². The first-order valence-corrected chi connectivity index (χ1v) is 9.27. The van der Waals surface area contributed by atoms with Crippen molar-refractivity contribution in [2.24, 2.45) is 0 Å². The third-order valence-electron chi connectivity index (χ3n) is 5.46. The Morgan fingerprint density at radius 2 is 2.04 bits per heavy atom. The van der Waals surface area contributed by atoms with E-state index >= 15 is 0 Å². The summed E-state index contributed by atoms with van der Waals surface area (Å²) >= 11 is 0. The number of hydrogen-bond acceptors (Lipinski definition) is 7. The van der Waals surface area contributed by atoms with Gasteiger partial charge < -0.3 is 14.7 Å². The molecule has 1 unspecified atom stereocenters. The molecule has 3 rings (SSSR count). The van der Waals surface area contributed by atoms with Crippen LogP contribution < -0.4 is 9.64 Å². The Labute approximate surface area is 154 Å². The number of aliphatic hydroxyl groups is 1. The van der Waals surface area contributed by atoms with Gasteiger partial charge in [-0.25, -0.2) is 0 Å². The summed E-state index contributed by atoms with van der Waals surface area (Å²) in [6, 6.07) is 5.63. The molecule has 1 atom stereocenters. The van der Waals surface area contributed by atoms with Gasteiger partial charge in [0.05, 0.1) is 18.6 Å². The maximum Gasteiger partial charge on any atom is 0.311 e. The van der Waals surface area contributed by atoms with E-state index in [0.717, 1.165) is 57.9 Å². The third-order valence-corrected chi connectivity index (χ3v) is 5.46. The lowest BCUT2D eigenvalue weighted by atomic mass is 10.0. The minimum atomic E-state index is -0.409. The first kappa shape index (κ1) is 18.9. The normalized spacial score (nSPS) is 22.4. The summed E-state index contributed by atoms with van der Waals surface area (Å²) < 4.78 is 5.21. The van der Waals surface area contributed by atoms with Crippen molar-refractivity contribution in [2.45, 2.75) is 18.9 Å². The van der Waals surface area contributed by atoms with Crippen LogP contribution in [0.25, 0.3) is 0 Å². The standard InChI is InChI=1S/C18H28N4O4/c1-26-18-13-15(4-5-17(18)22(24)25)21-6-2-3-16(14-21)20-9-7-19(8-10-20)11-12-23/h4-5,13,16,23H,2-3,6-12,14H2,1H3. The fourth-order valence-corrected chi connectivity index (χ4v) is 3.99. The van der Waals surface area contributed by atoms with Gasteiger partial charge >= 0.3 is 5.69 Å². The van der Waals surface area contributed by atoms with Gasteiger partial charge in [-0.15, -0.1) is 0 Å². The van der Waals surface area contributed by atoms with Gasteiger partial charge in [0, 0.05) is 69.7 Å². The number of nitro groups is 1. The summed E-state index contributed by atoms with van der Waals surface area (Å²) in [5, 5.41) is 20.2. The van der Waals surface area contributed by atoms with Crippen LogP contribution in [0.1, 0.15) is 12.8 Å². The fourth-order valence-electron chi connectivity index (χ4n) is 3.99. The van der Waals surface area contributed by atoms with Crippen LogP contribution in [0.4, 0.5) is 11.4 Å². The minimum absolute atomic E-state index is 0.00446. The molecule has 8 heteroatoms. The van der Waals surface area contributed by atoms with Crippen LogP contribution in [0.15, 0.2) is 18.2 Å². The van der Waals surface area contributed by atoms with Crippen molar-refractivity contribution in [3.05, 3.63) is 28.3 Å². The van der Waals surface area contributed by atoms with Crippen molar-refractivity contribution in [1.29, 1.82) is 0 Å². The summed E-state index contributed by atoms with van der Waals surface area (Å²) in [5.74, 6) is 0.312. The van der Waals surface area contributed by atoms with Gasteiger partial charge in [-0.05, 0) is 18.9 Å². The second-order valence-electron chi connectivity index (χ2n) is 6.96. The summed E-state index contributed by atoms with van der Waals surface area (Å²) in [6.45, 7) is 6.93. The number of ether oxygens (including phenoxy) is 1. The minimum Gasteiger partial charge on any atom is -0.490 e. The van der Waals surface area contributed by atoms with Crippen LogP contribution in [-0.4, -0.2) is 85.4 Å². The average molecular weight is 364 g/mol. The van der Waals surface area contributed by atoms with Crippen molar-refractivity contribution >= 4 is 11.4 Å². The smallest absolute Gasteiger partial charge is 0.311 e. The SMILES string of the molecule is COc1cc(N2CCCC(N3CCN(CCO)CC3)C2)ccc1[N+](=O)[O-]. The number of piperazine rings is 1. The van der Waals surface area contributed by atoms with Crippen LogP contribution in [0.3, 0.4) is 0 Å². The molecule has 8 nitrogen and oxygen atoms in total. The number of hydrogen-bond donors (Lipinski definition) is 1. The zero-order valence-corrected chi connectivity index (χ0v) is 15.3. The Balaban J connectivity index is 1.64. The van der Waals surface area contributed by atoms with E-state index in [4.69, 9.17) is 9.84 Å². The van der Waals surface area contributed by atoms with Gasteiger partial charge in [-0.3, -0.25) is 19.9 Å². The van der Waals surface area contributed by atoms with Crippen molar-refractivity contribution in [2.75, 3.05) is 64.4 Å². The molecule has 2 aliphatic rings. The number of methoxy groups -OCH3 is 1. The second kappa shape index (κ2) is 8.66. The fraction of sp³-hybridized carbons (Fsp3) is 0.667. The van der Waals surface area contributed by atoms with Crippen LogP contribution >= 0.6 is 0 Å². The molecule has 2 saturated heterocycles. The largest absolute Gasteiger partial charge is 0.490 e. The second-order valence-corrected chi connectivity index (χ2v) is 6.96. The van der Waals surface area contributed by atoms with E-state index in [2.05, 4.69) is 14.7 Å². The highest BCUT2D eigenvalue weighted by molar-refractivity contribution is 5.59. The van der Waals surface area contributed by atoms with Crippen molar-refractivity contribution < 1.29 is 14.8 Å². The van der Waals surface area contributed by atoms with Gasteiger partial charge in [0.15, 0.2) is 5.75 Å². The van der Waals surface area contributed by atoms with Gasteiger partial charge in [0.1, 0.15) is 0 Å². The van der Waals surface area contributed by atoms with Crippen LogP contribution in [0, 0.1) is 10.1 Å². The molecule has 1 N–H and O–H groups in total. The maximum atomic E-state index is 11.1. The Morgan fingerprint density at radius 1 is 1.27 bits per heavy atom. The van der Waals surface area contributed by atoms with E-state index in [1.807, 2.05) is 6.07 Å². The lowest BCUT2D eigenvalue weighted by Gasteiger charge is -2.44. The number of anilines is 1. The topological polar surface area (TPSA) is 82.3 Å². The first-order chi connectivity index (χ1) is 12.6. The van der Waals surface area contributed by atoms with Crippen molar-refractivity contribution in [1.82, 2.24) is 9.80 Å². The molecule has 0 aliphatic carbocycles. The molecule has 0 bridgehead atoms. The van der Waals surface area contributed by atoms with E-state index in [-0.39, 0.29) is 12.3 Å². The van der Waals surface area contributed by atoms with E-state index in [0.29, 0.717) is 11.8 Å². The van der Waals surface area contributed by atoms with Gasteiger partial charge in [-0.2, -0.15) is 0 Å². The summed E-state index contributed by atoms with van der Waals surface area (Å²) in [5.41, 5.74) is 0.987. The molecule has 0 radical (unpaired) electrons. The summed E-state index contributed by atoms with van der Waals surface area (Å²) in [4.78, 5) is 17.8. The Kier molecular flexibility index (Phi) is 6.29. The molecule has 144 valence electrons. The number of benzene rings is 1. The number of piperidine rings is 1. The lowest BCUT2D eigenvalue weighted by molar-refractivity contribution is -0.385. The first-order valence-electron chi connectivity index (χ1n) is 9.27. The highest BCUT2D eigenvalue weighted by Gasteiger charge is 2.28. The van der Waals surface area contributed by atoms with Crippen LogP contribution in [0.5, 0.6) is 5.75 Å². The van der Waals surface area contributed by atoms with E-state index in [1.54, 1.807) is 6.07 Å². The number of β-amino-alcohol motifs (C(OH)–C–C–N with tert-alkyl or cyclic N) is 1. The van der Waals surface area contributed by atoms with Gasteiger partial charge in [0.25, 0.3) is 0 Å². The molecule has 2 fully saturated rings. The molecule has 0 aromatic heterocycles. The van der Waals surface area contributed by atoms with Gasteiger partial charge in [0.2, 0.25) is 0 Å². The van der Waals surface area contributed by atoms with Crippen molar-refractivity contribution in [3.8, 4) is 5.75 Å². The molecular weight excluding hydrogens is 336 g/mol. The Hall–Kier alpha value is -1.90. The molecule has 1 aromatic rings. The highest BCUT2D eigenvalue weighted by atomic mass is 16.6.